The fourth-order valence-corrected chi connectivity index (χ4v) is 2.55. The summed E-state index contributed by atoms with van der Waals surface area (Å²) in [5.41, 5.74) is 4.35. The molecule has 2 heterocycles. The molecule has 4 heteroatoms. The summed E-state index contributed by atoms with van der Waals surface area (Å²) in [6, 6.07) is 10.4. The van der Waals surface area contributed by atoms with E-state index in [9.17, 15) is 0 Å². The van der Waals surface area contributed by atoms with Crippen LogP contribution in [-0.2, 0) is 13.6 Å². The number of aryl methyl sites for hydroxylation is 2. The summed E-state index contributed by atoms with van der Waals surface area (Å²) in [7, 11) is 3.97. The molecule has 0 spiro atoms. The first-order valence-corrected chi connectivity index (χ1v) is 6.72. The lowest BCUT2D eigenvalue weighted by atomic mass is 10.1. The minimum Gasteiger partial charge on any atom is -0.350 e. The van der Waals surface area contributed by atoms with Crippen LogP contribution in [0.5, 0.6) is 0 Å². The van der Waals surface area contributed by atoms with Gasteiger partial charge in [-0.05, 0) is 26.1 Å². The number of nitrogens with one attached hydrogen (secondary N) is 1. The first-order valence-electron chi connectivity index (χ1n) is 6.72. The molecule has 0 aliphatic rings. The number of fused-ring (bicyclic) bond motifs is 1. The molecule has 0 atom stereocenters. The van der Waals surface area contributed by atoms with Crippen LogP contribution in [0.1, 0.15) is 11.5 Å². The van der Waals surface area contributed by atoms with Crippen LogP contribution in [0.15, 0.2) is 36.5 Å². The Morgan fingerprint density at radius 2 is 2.00 bits per heavy atom. The van der Waals surface area contributed by atoms with Crippen molar-refractivity contribution in [2.24, 2.45) is 7.05 Å². The second kappa shape index (κ2) is 5.06. The Bertz CT molecular complexity index is 758. The van der Waals surface area contributed by atoms with Gasteiger partial charge in [-0.25, -0.2) is 9.97 Å². The maximum absolute atomic E-state index is 4.67. The van der Waals surface area contributed by atoms with Crippen LogP contribution in [0.4, 0.5) is 0 Å². The lowest BCUT2D eigenvalue weighted by molar-refractivity contribution is 0.754. The molecule has 0 aliphatic heterocycles. The van der Waals surface area contributed by atoms with Gasteiger partial charge >= 0.3 is 0 Å². The van der Waals surface area contributed by atoms with Crippen molar-refractivity contribution in [3.8, 4) is 11.3 Å². The monoisotopic (exact) mass is 266 g/mol. The van der Waals surface area contributed by atoms with E-state index in [1.54, 1.807) is 0 Å². The van der Waals surface area contributed by atoms with Crippen molar-refractivity contribution in [3.05, 3.63) is 48.0 Å². The lowest BCUT2D eigenvalue weighted by Crippen LogP contribution is -2.10. The largest absolute Gasteiger partial charge is 0.350 e. The summed E-state index contributed by atoms with van der Waals surface area (Å²) in [5.74, 6) is 0.829. The summed E-state index contributed by atoms with van der Waals surface area (Å²) >= 11 is 0. The van der Waals surface area contributed by atoms with Gasteiger partial charge < -0.3 is 9.88 Å². The maximum atomic E-state index is 4.67. The van der Waals surface area contributed by atoms with Crippen LogP contribution in [0, 0.1) is 6.92 Å². The van der Waals surface area contributed by atoms with Crippen LogP contribution in [0.25, 0.3) is 22.2 Å². The van der Waals surface area contributed by atoms with Gasteiger partial charge in [0.2, 0.25) is 0 Å². The second-order valence-corrected chi connectivity index (χ2v) is 5.01. The molecule has 0 saturated carbocycles. The molecule has 3 rings (SSSR count). The molecule has 0 aliphatic carbocycles. The van der Waals surface area contributed by atoms with E-state index in [0.717, 1.165) is 22.8 Å². The zero-order valence-electron chi connectivity index (χ0n) is 12.0. The van der Waals surface area contributed by atoms with E-state index >= 15 is 0 Å². The molecule has 3 aromatic rings. The quantitative estimate of drug-likeness (QED) is 0.792. The predicted molar refractivity (Wildman–Crippen MR) is 81.4 cm³/mol. The molecule has 2 aromatic heterocycles. The van der Waals surface area contributed by atoms with Gasteiger partial charge in [0, 0.05) is 35.4 Å². The van der Waals surface area contributed by atoms with Crippen molar-refractivity contribution in [2.45, 2.75) is 13.5 Å². The molecule has 102 valence electrons. The van der Waals surface area contributed by atoms with E-state index in [0.29, 0.717) is 6.54 Å². The normalized spacial score (nSPS) is 11.2. The number of hydrogen-bond acceptors (Lipinski definition) is 3. The van der Waals surface area contributed by atoms with Crippen molar-refractivity contribution in [1.29, 1.82) is 0 Å². The van der Waals surface area contributed by atoms with Crippen molar-refractivity contribution >= 4 is 10.9 Å². The zero-order chi connectivity index (χ0) is 14.1. The van der Waals surface area contributed by atoms with E-state index in [2.05, 4.69) is 57.4 Å². The number of rotatable bonds is 3. The van der Waals surface area contributed by atoms with Gasteiger partial charge in [0.1, 0.15) is 5.82 Å². The predicted octanol–water partition coefficient (Wildman–Crippen LogP) is 2.66. The average molecular weight is 266 g/mol. The third kappa shape index (κ3) is 2.18. The second-order valence-electron chi connectivity index (χ2n) is 5.01. The summed E-state index contributed by atoms with van der Waals surface area (Å²) in [4.78, 5) is 9.13. The fourth-order valence-electron chi connectivity index (χ4n) is 2.55. The smallest absolute Gasteiger partial charge is 0.143 e. The summed E-state index contributed by atoms with van der Waals surface area (Å²) in [5, 5.41) is 4.33. The van der Waals surface area contributed by atoms with E-state index in [1.807, 2.05) is 20.0 Å². The number of nitrogens with zero attached hydrogens (tertiary/aromatic N) is 3. The highest BCUT2D eigenvalue weighted by atomic mass is 15.0. The molecule has 20 heavy (non-hydrogen) atoms. The van der Waals surface area contributed by atoms with Gasteiger partial charge in [0.05, 0.1) is 12.2 Å². The number of hydrogen-bond donors (Lipinski definition) is 1. The average Bonchev–Trinajstić information content (AvgIpc) is 2.77. The third-order valence-electron chi connectivity index (χ3n) is 3.41. The minimum atomic E-state index is 0.680. The van der Waals surface area contributed by atoms with Crippen molar-refractivity contribution in [1.82, 2.24) is 19.9 Å². The first-order chi connectivity index (χ1) is 9.69. The van der Waals surface area contributed by atoms with Crippen LogP contribution in [0.3, 0.4) is 0 Å². The Hall–Kier alpha value is -2.20. The van der Waals surface area contributed by atoms with Gasteiger partial charge in [0.15, 0.2) is 0 Å². The van der Waals surface area contributed by atoms with Crippen LogP contribution in [0.2, 0.25) is 0 Å². The Morgan fingerprint density at radius 3 is 2.80 bits per heavy atom. The molecule has 0 bridgehead atoms. The minimum absolute atomic E-state index is 0.680. The standard InChI is InChI=1S/C16H18N4/c1-11-8-14(19-16(18-11)9-17-2)13-10-20(3)15-7-5-4-6-12(13)15/h4-8,10,17H,9H2,1-3H3. The molecular formula is C16H18N4. The molecule has 0 saturated heterocycles. The first kappa shape index (κ1) is 12.8. The van der Waals surface area contributed by atoms with Gasteiger partial charge in [-0.2, -0.15) is 0 Å². The molecule has 4 nitrogen and oxygen atoms in total. The molecule has 0 fully saturated rings. The van der Waals surface area contributed by atoms with Crippen molar-refractivity contribution in [3.63, 3.8) is 0 Å². The van der Waals surface area contributed by atoms with Crippen LogP contribution >= 0.6 is 0 Å². The van der Waals surface area contributed by atoms with Gasteiger partial charge in [-0.3, -0.25) is 0 Å². The van der Waals surface area contributed by atoms with Crippen molar-refractivity contribution in [2.75, 3.05) is 7.05 Å². The molecule has 1 N–H and O–H groups in total. The molecular weight excluding hydrogens is 248 g/mol. The van der Waals surface area contributed by atoms with Crippen LogP contribution in [-0.4, -0.2) is 21.6 Å². The Morgan fingerprint density at radius 1 is 1.20 bits per heavy atom. The van der Waals surface area contributed by atoms with Gasteiger partial charge in [-0.1, -0.05) is 18.2 Å². The molecule has 0 radical (unpaired) electrons. The highest BCUT2D eigenvalue weighted by Crippen LogP contribution is 2.29. The lowest BCUT2D eigenvalue weighted by Gasteiger charge is -2.05. The number of para-hydroxylation sites is 1. The highest BCUT2D eigenvalue weighted by Gasteiger charge is 2.11. The van der Waals surface area contributed by atoms with E-state index in [-0.39, 0.29) is 0 Å². The fraction of sp³-hybridized carbons (Fsp3) is 0.250. The summed E-state index contributed by atoms with van der Waals surface area (Å²) in [6.07, 6.45) is 2.13. The number of aromatic nitrogens is 3. The van der Waals surface area contributed by atoms with Gasteiger partial charge in [-0.15, -0.1) is 0 Å². The Kier molecular flexibility index (Phi) is 3.24. The highest BCUT2D eigenvalue weighted by molar-refractivity contribution is 5.95. The van der Waals surface area contributed by atoms with E-state index in [4.69, 9.17) is 0 Å². The molecule has 1 aromatic carbocycles. The van der Waals surface area contributed by atoms with E-state index < -0.39 is 0 Å². The van der Waals surface area contributed by atoms with Crippen LogP contribution < -0.4 is 5.32 Å². The number of benzene rings is 1. The maximum Gasteiger partial charge on any atom is 0.143 e. The SMILES string of the molecule is CNCc1nc(C)cc(-c2cn(C)c3ccccc23)n1. The van der Waals surface area contributed by atoms with Gasteiger partial charge in [0.25, 0.3) is 0 Å². The summed E-state index contributed by atoms with van der Waals surface area (Å²) < 4.78 is 2.14. The Balaban J connectivity index is 2.20. The third-order valence-corrected chi connectivity index (χ3v) is 3.41. The topological polar surface area (TPSA) is 42.7 Å². The van der Waals surface area contributed by atoms with Crippen molar-refractivity contribution < 1.29 is 0 Å². The summed E-state index contributed by atoms with van der Waals surface area (Å²) in [6.45, 7) is 2.69. The molecule has 0 unspecified atom stereocenters. The van der Waals surface area contributed by atoms with E-state index in [1.165, 1.54) is 10.9 Å². The zero-order valence-corrected chi connectivity index (χ0v) is 12.0. The molecule has 0 amide bonds. The Labute approximate surface area is 118 Å².